The maximum atomic E-state index is 2.87. The Kier molecular flexibility index (Phi) is 5.80. The summed E-state index contributed by atoms with van der Waals surface area (Å²) in [7, 11) is 0. The van der Waals surface area contributed by atoms with Gasteiger partial charge in [0.15, 0.2) is 0 Å². The molecule has 7 aliphatic carbocycles. The zero-order valence-corrected chi connectivity index (χ0v) is 28.0. The summed E-state index contributed by atoms with van der Waals surface area (Å²) >= 11 is 0. The van der Waals surface area contributed by atoms with Crippen LogP contribution in [0.2, 0.25) is 0 Å². The van der Waals surface area contributed by atoms with Gasteiger partial charge in [0.1, 0.15) is 0 Å². The first-order valence-corrected chi connectivity index (χ1v) is 18.2. The molecule has 0 nitrogen and oxygen atoms in total. The Hall–Kier alpha value is 0. The molecule has 7 rings (SSSR count). The highest BCUT2D eigenvalue weighted by Crippen LogP contribution is 2.82. The molecule has 7 saturated carbocycles. The first-order valence-electron chi connectivity index (χ1n) is 18.2. The van der Waals surface area contributed by atoms with Gasteiger partial charge >= 0.3 is 0 Å². The van der Waals surface area contributed by atoms with Crippen molar-refractivity contribution in [1.82, 2.24) is 0 Å². The summed E-state index contributed by atoms with van der Waals surface area (Å²) in [5.74, 6) is 7.76. The van der Waals surface area contributed by atoms with Gasteiger partial charge in [-0.2, -0.15) is 0 Å². The normalized spacial score (nSPS) is 62.9. The van der Waals surface area contributed by atoms with Crippen molar-refractivity contribution < 1.29 is 0 Å². The van der Waals surface area contributed by atoms with Crippen molar-refractivity contribution in [2.24, 2.45) is 85.2 Å². The van der Waals surface area contributed by atoms with Gasteiger partial charge in [-0.3, -0.25) is 0 Å². The van der Waals surface area contributed by atoms with Gasteiger partial charge in [0, 0.05) is 0 Å². The second-order valence-corrected chi connectivity index (χ2v) is 19.4. The first-order chi connectivity index (χ1) is 18.2. The molecule has 0 aromatic rings. The molecule has 0 bridgehead atoms. The Morgan fingerprint density at radius 1 is 0.538 bits per heavy atom. The molecule has 0 spiro atoms. The smallest absolute Gasteiger partial charge is 0.0235 e. The van der Waals surface area contributed by atoms with Gasteiger partial charge in [-0.15, -0.1) is 0 Å². The lowest BCUT2D eigenvalue weighted by molar-refractivity contribution is -0.258. The summed E-state index contributed by atoms with van der Waals surface area (Å²) in [6.07, 6.45) is 21.3. The van der Waals surface area contributed by atoms with E-state index in [9.17, 15) is 0 Å². The molecule has 0 amide bonds. The third kappa shape index (κ3) is 3.10. The van der Waals surface area contributed by atoms with Gasteiger partial charge in [-0.05, 0) is 169 Å². The van der Waals surface area contributed by atoms with E-state index in [0.29, 0.717) is 32.5 Å². The van der Waals surface area contributed by atoms with Crippen molar-refractivity contribution in [3.63, 3.8) is 0 Å². The van der Waals surface area contributed by atoms with E-state index in [-0.39, 0.29) is 0 Å². The molecule has 39 heavy (non-hydrogen) atoms. The van der Waals surface area contributed by atoms with Crippen LogP contribution in [0, 0.1) is 85.2 Å². The third-order valence-corrected chi connectivity index (χ3v) is 18.7. The van der Waals surface area contributed by atoms with Crippen molar-refractivity contribution in [3.05, 3.63) is 0 Å². The fourth-order valence-corrected chi connectivity index (χ4v) is 16.7. The van der Waals surface area contributed by atoms with Crippen LogP contribution in [-0.2, 0) is 0 Å². The summed E-state index contributed by atoms with van der Waals surface area (Å²) in [5.41, 5.74) is 4.15. The second-order valence-electron chi connectivity index (χ2n) is 19.4. The van der Waals surface area contributed by atoms with Gasteiger partial charge in [0.25, 0.3) is 0 Å². The van der Waals surface area contributed by atoms with Crippen LogP contribution in [0.4, 0.5) is 0 Å². The van der Waals surface area contributed by atoms with Crippen LogP contribution in [0.3, 0.4) is 0 Å². The average molecular weight is 535 g/mol. The van der Waals surface area contributed by atoms with E-state index in [1.54, 1.807) is 44.9 Å². The maximum absolute atomic E-state index is 2.87. The monoisotopic (exact) mass is 535 g/mol. The minimum Gasteiger partial charge on any atom is -0.0651 e. The molecule has 0 N–H and O–H groups in total. The summed E-state index contributed by atoms with van der Waals surface area (Å²) in [4.78, 5) is 0. The molecule has 11 unspecified atom stereocenters. The molecule has 0 aliphatic heterocycles. The largest absolute Gasteiger partial charge is 0.0651 e. The van der Waals surface area contributed by atoms with Gasteiger partial charge in [0.2, 0.25) is 0 Å². The summed E-state index contributed by atoms with van der Waals surface area (Å²) < 4.78 is 0. The molecule has 0 heterocycles. The van der Waals surface area contributed by atoms with E-state index in [1.165, 1.54) is 44.9 Å². The van der Waals surface area contributed by atoms with E-state index in [0.717, 1.165) is 52.8 Å². The van der Waals surface area contributed by atoms with E-state index >= 15 is 0 Å². The van der Waals surface area contributed by atoms with Crippen LogP contribution in [-0.4, -0.2) is 0 Å². The highest BCUT2D eigenvalue weighted by Gasteiger charge is 2.74. The predicted octanol–water partition coefficient (Wildman–Crippen LogP) is 11.6. The molecular formula is C39H66. The van der Waals surface area contributed by atoms with Crippen molar-refractivity contribution in [2.45, 2.75) is 159 Å². The zero-order chi connectivity index (χ0) is 28.0. The van der Waals surface area contributed by atoms with E-state index < -0.39 is 0 Å². The summed E-state index contributed by atoms with van der Waals surface area (Å²) in [6.45, 7) is 27.2. The highest BCUT2D eigenvalue weighted by atomic mass is 14.8. The van der Waals surface area contributed by atoms with Crippen LogP contribution in [0.1, 0.15) is 159 Å². The lowest BCUT2D eigenvalue weighted by Crippen LogP contribution is -2.67. The number of rotatable bonds is 2. The topological polar surface area (TPSA) is 0 Å². The molecular weight excluding hydrogens is 468 g/mol. The lowest BCUT2D eigenvalue weighted by atomic mass is 9.30. The minimum absolute atomic E-state index is 0.515. The second kappa shape index (κ2) is 8.13. The van der Waals surface area contributed by atoms with E-state index in [2.05, 4.69) is 69.2 Å². The van der Waals surface area contributed by atoms with Gasteiger partial charge in [0.05, 0.1) is 0 Å². The molecule has 0 heteroatoms. The maximum Gasteiger partial charge on any atom is -0.0235 e. The number of hydrogen-bond acceptors (Lipinski definition) is 0. The highest BCUT2D eigenvalue weighted by molar-refractivity contribution is 5.23. The lowest BCUT2D eigenvalue weighted by Gasteiger charge is -2.74. The van der Waals surface area contributed by atoms with Crippen molar-refractivity contribution in [1.29, 1.82) is 0 Å². The fraction of sp³-hybridized carbons (Fsp3) is 1.00. The predicted molar refractivity (Wildman–Crippen MR) is 166 cm³/mol. The van der Waals surface area contributed by atoms with Crippen LogP contribution in [0.25, 0.3) is 0 Å². The Morgan fingerprint density at radius 2 is 0.974 bits per heavy atom. The van der Waals surface area contributed by atoms with Gasteiger partial charge < -0.3 is 0 Å². The Bertz CT molecular complexity index is 1010. The van der Waals surface area contributed by atoms with E-state index in [1.807, 2.05) is 0 Å². The quantitative estimate of drug-likeness (QED) is 0.330. The molecule has 7 aliphatic rings. The number of fused-ring (bicyclic) bond motifs is 10. The minimum atomic E-state index is 0.515. The average Bonchev–Trinajstić information content (AvgIpc) is 3.58. The van der Waals surface area contributed by atoms with Crippen molar-refractivity contribution in [3.8, 4) is 0 Å². The Labute approximate surface area is 244 Å². The fourth-order valence-electron chi connectivity index (χ4n) is 16.7. The van der Waals surface area contributed by atoms with Crippen LogP contribution < -0.4 is 0 Å². The molecule has 0 radical (unpaired) electrons. The standard InChI is InChI=1S/C39H66/c1-11-27-34(6)20-15-31-37(9)21-16-29-35(7)18-13-25(3)33(4,5)28(35)14-19-36(29,8)30(37)17-22-38(31,10)32(34)23-26-24-39(26,27)12-2/h25-32H,11-24H2,1-10H3/t25-,26+,27?,28-,29?,30?,31?,32?,34?,35?,36?,37?,38?,39?/m1/s1. The van der Waals surface area contributed by atoms with Gasteiger partial charge in [-0.25, -0.2) is 0 Å². The molecule has 0 aromatic carbocycles. The zero-order valence-electron chi connectivity index (χ0n) is 28.0. The molecule has 0 saturated heterocycles. The summed E-state index contributed by atoms with van der Waals surface area (Å²) in [6, 6.07) is 0. The van der Waals surface area contributed by atoms with Crippen molar-refractivity contribution in [2.75, 3.05) is 0 Å². The van der Waals surface area contributed by atoms with Gasteiger partial charge in [-0.1, -0.05) is 75.7 Å². The molecule has 222 valence electrons. The summed E-state index contributed by atoms with van der Waals surface area (Å²) in [5, 5.41) is 0. The number of hydrogen-bond donors (Lipinski definition) is 0. The van der Waals surface area contributed by atoms with Crippen molar-refractivity contribution >= 4 is 0 Å². The molecule has 14 atom stereocenters. The van der Waals surface area contributed by atoms with Crippen LogP contribution in [0.15, 0.2) is 0 Å². The molecule has 0 aromatic heterocycles. The van der Waals surface area contributed by atoms with Crippen LogP contribution >= 0.6 is 0 Å². The Balaban J connectivity index is 1.22. The van der Waals surface area contributed by atoms with E-state index in [4.69, 9.17) is 0 Å². The first kappa shape index (κ1) is 27.8. The Morgan fingerprint density at radius 3 is 1.49 bits per heavy atom. The van der Waals surface area contributed by atoms with Crippen LogP contribution in [0.5, 0.6) is 0 Å². The molecule has 7 fully saturated rings. The third-order valence-electron chi connectivity index (χ3n) is 18.7. The SMILES string of the molecule is CCC1C2(C)CCC3C4(C)CCC5C(C)(CC[C@H]6C5(C)CC[C@@H](C)C6(C)C)C4CCC3(C)C2C[C@H]2CC12CC.